The molecule has 0 radical (unpaired) electrons. The highest BCUT2D eigenvalue weighted by molar-refractivity contribution is 6.29. The van der Waals surface area contributed by atoms with E-state index in [0.717, 1.165) is 71.8 Å². The van der Waals surface area contributed by atoms with Crippen LogP contribution in [0.2, 0.25) is 5.28 Å². The molecule has 204 valence electrons. The number of rotatable bonds is 4. The van der Waals surface area contributed by atoms with E-state index in [1.807, 2.05) is 42.5 Å². The van der Waals surface area contributed by atoms with Crippen molar-refractivity contribution in [1.82, 2.24) is 9.97 Å². The Hall–Kier alpha value is -5.32. The van der Waals surface area contributed by atoms with Crippen LogP contribution in [0.25, 0.3) is 77.5 Å². The van der Waals surface area contributed by atoms with Crippen LogP contribution in [0.4, 0.5) is 4.39 Å². The summed E-state index contributed by atoms with van der Waals surface area (Å²) >= 11 is 6.28. The molecule has 3 nitrogen and oxygen atoms in total. The monoisotopic (exact) mass is 576 g/mol. The molecule has 5 heteroatoms. The highest BCUT2D eigenvalue weighted by atomic mass is 35.5. The first-order valence-electron chi connectivity index (χ1n) is 14.0. The van der Waals surface area contributed by atoms with E-state index in [9.17, 15) is 4.39 Å². The fourth-order valence-corrected chi connectivity index (χ4v) is 6.08. The van der Waals surface area contributed by atoms with Crippen molar-refractivity contribution in [1.29, 1.82) is 0 Å². The molecule has 0 aliphatic carbocycles. The van der Waals surface area contributed by atoms with Gasteiger partial charge in [-0.25, -0.2) is 9.37 Å². The Balaban J connectivity index is 1.16. The average Bonchev–Trinajstić information content (AvgIpc) is 3.43. The van der Waals surface area contributed by atoms with Gasteiger partial charge in [0.25, 0.3) is 0 Å². The first-order chi connectivity index (χ1) is 21.1. The minimum Gasteiger partial charge on any atom is -0.438 e. The molecule has 0 spiro atoms. The smallest absolute Gasteiger partial charge is 0.232 e. The van der Waals surface area contributed by atoms with Crippen LogP contribution >= 0.6 is 11.6 Å². The third-order valence-corrected chi connectivity index (χ3v) is 8.13. The van der Waals surface area contributed by atoms with Crippen LogP contribution in [-0.4, -0.2) is 9.97 Å². The predicted octanol–water partition coefficient (Wildman–Crippen LogP) is 11.0. The molecule has 0 amide bonds. The fraction of sp³-hybridized carbons (Fsp3) is 0. The van der Waals surface area contributed by atoms with Gasteiger partial charge in [-0.3, -0.25) is 0 Å². The molecule has 8 aromatic rings. The lowest BCUT2D eigenvalue weighted by atomic mass is 9.91. The Labute approximate surface area is 251 Å². The second-order valence-corrected chi connectivity index (χ2v) is 10.8. The number of nitrogens with zero attached hydrogens (tertiary/aromatic N) is 2. The van der Waals surface area contributed by atoms with Crippen LogP contribution in [0.15, 0.2) is 138 Å². The molecule has 8 rings (SSSR count). The van der Waals surface area contributed by atoms with Crippen LogP contribution in [0, 0.1) is 5.82 Å². The van der Waals surface area contributed by atoms with Gasteiger partial charge in [0, 0.05) is 10.9 Å². The van der Waals surface area contributed by atoms with Gasteiger partial charge in [-0.15, -0.1) is 0 Å². The molecule has 0 aliphatic rings. The van der Waals surface area contributed by atoms with Gasteiger partial charge in [0.1, 0.15) is 11.4 Å². The zero-order valence-corrected chi connectivity index (χ0v) is 23.5. The Kier molecular flexibility index (Phi) is 6.02. The first kappa shape index (κ1) is 25.4. The van der Waals surface area contributed by atoms with Crippen LogP contribution in [-0.2, 0) is 0 Å². The van der Waals surface area contributed by atoms with Crippen molar-refractivity contribution in [3.8, 4) is 44.6 Å². The van der Waals surface area contributed by atoms with E-state index in [1.54, 1.807) is 0 Å². The Morgan fingerprint density at radius 1 is 0.512 bits per heavy atom. The molecule has 2 aromatic heterocycles. The van der Waals surface area contributed by atoms with Gasteiger partial charge in [0.05, 0.1) is 11.1 Å². The third-order valence-electron chi connectivity index (χ3n) is 7.96. The molecule has 0 saturated heterocycles. The van der Waals surface area contributed by atoms with Crippen molar-refractivity contribution in [3.63, 3.8) is 0 Å². The number of furan rings is 1. The zero-order chi connectivity index (χ0) is 28.9. The van der Waals surface area contributed by atoms with Gasteiger partial charge in [0.15, 0.2) is 0 Å². The van der Waals surface area contributed by atoms with E-state index in [2.05, 4.69) is 88.8 Å². The summed E-state index contributed by atoms with van der Waals surface area (Å²) in [5.74, 6) is -0.239. The normalized spacial score (nSPS) is 11.5. The third kappa shape index (κ3) is 4.44. The summed E-state index contributed by atoms with van der Waals surface area (Å²) in [6.07, 6.45) is 0. The van der Waals surface area contributed by atoms with E-state index in [4.69, 9.17) is 16.0 Å². The summed E-state index contributed by atoms with van der Waals surface area (Å²) in [7, 11) is 0. The van der Waals surface area contributed by atoms with Crippen molar-refractivity contribution < 1.29 is 8.81 Å². The predicted molar refractivity (Wildman–Crippen MR) is 174 cm³/mol. The average molecular weight is 577 g/mol. The molecule has 2 heterocycles. The number of hydrogen-bond acceptors (Lipinski definition) is 3. The topological polar surface area (TPSA) is 38.9 Å². The van der Waals surface area contributed by atoms with Gasteiger partial charge in [-0.1, -0.05) is 115 Å². The van der Waals surface area contributed by atoms with E-state index < -0.39 is 0 Å². The highest BCUT2D eigenvalue weighted by Gasteiger charge is 2.17. The minimum atomic E-state index is -0.239. The van der Waals surface area contributed by atoms with Crippen molar-refractivity contribution >= 4 is 44.4 Å². The van der Waals surface area contributed by atoms with Gasteiger partial charge >= 0.3 is 0 Å². The lowest BCUT2D eigenvalue weighted by molar-refractivity contribution is 0.628. The standard InChI is InChI=1S/C38H22ClFN2O/c39-38-41-36(35-32-7-1-2-10-33(32)43-37(35)42-38)28-17-13-24(14-18-28)23-11-15-25(16-12-23)30-8-3-5-27-6-4-9-31(34(27)30)26-19-21-29(40)22-20-26/h1-22H. The van der Waals surface area contributed by atoms with Crippen molar-refractivity contribution in [2.75, 3.05) is 0 Å². The van der Waals surface area contributed by atoms with Crippen LogP contribution in [0.3, 0.4) is 0 Å². The van der Waals surface area contributed by atoms with E-state index in [0.29, 0.717) is 5.71 Å². The Morgan fingerprint density at radius 3 is 1.72 bits per heavy atom. The fourth-order valence-electron chi connectivity index (χ4n) is 5.92. The van der Waals surface area contributed by atoms with E-state index >= 15 is 0 Å². The number of aromatic nitrogens is 2. The summed E-state index contributed by atoms with van der Waals surface area (Å²) in [5, 5.41) is 4.25. The summed E-state index contributed by atoms with van der Waals surface area (Å²) < 4.78 is 19.6. The van der Waals surface area contributed by atoms with Crippen molar-refractivity contribution in [3.05, 3.63) is 145 Å². The Morgan fingerprint density at radius 2 is 1.07 bits per heavy atom. The second-order valence-electron chi connectivity index (χ2n) is 10.5. The first-order valence-corrected chi connectivity index (χ1v) is 14.3. The van der Waals surface area contributed by atoms with Gasteiger partial charge < -0.3 is 4.42 Å². The number of halogens is 2. The molecule has 0 bridgehead atoms. The van der Waals surface area contributed by atoms with Gasteiger partial charge in [-0.2, -0.15) is 4.98 Å². The summed E-state index contributed by atoms with van der Waals surface area (Å²) in [6.45, 7) is 0. The lowest BCUT2D eigenvalue weighted by Crippen LogP contribution is -1.90. The van der Waals surface area contributed by atoms with Crippen molar-refractivity contribution in [2.45, 2.75) is 0 Å². The van der Waals surface area contributed by atoms with Crippen LogP contribution < -0.4 is 0 Å². The van der Waals surface area contributed by atoms with Gasteiger partial charge in [0.2, 0.25) is 11.0 Å². The van der Waals surface area contributed by atoms with Crippen molar-refractivity contribution in [2.24, 2.45) is 0 Å². The summed E-state index contributed by atoms with van der Waals surface area (Å²) in [4.78, 5) is 8.89. The SMILES string of the molecule is Fc1ccc(-c2cccc3cccc(-c4ccc(-c5ccc(-c6nc(Cl)nc7oc8ccccc8c67)cc5)cc4)c23)cc1. The number of hydrogen-bond donors (Lipinski definition) is 0. The number of para-hydroxylation sites is 1. The molecular formula is C38H22ClFN2O. The molecule has 0 unspecified atom stereocenters. The molecule has 0 atom stereocenters. The molecule has 6 aromatic carbocycles. The summed E-state index contributed by atoms with van der Waals surface area (Å²) in [6, 6.07) is 44.1. The Bertz CT molecular complexity index is 2290. The molecule has 0 fully saturated rings. The van der Waals surface area contributed by atoms with E-state index in [-0.39, 0.29) is 11.1 Å². The van der Waals surface area contributed by atoms with E-state index in [1.165, 1.54) is 12.1 Å². The number of fused-ring (bicyclic) bond motifs is 4. The second kappa shape index (κ2) is 10.2. The highest BCUT2D eigenvalue weighted by Crippen LogP contribution is 2.38. The number of benzene rings is 6. The maximum absolute atomic E-state index is 13.7. The quantitative estimate of drug-likeness (QED) is 0.196. The largest absolute Gasteiger partial charge is 0.438 e. The maximum Gasteiger partial charge on any atom is 0.232 e. The van der Waals surface area contributed by atoms with Crippen LogP contribution in [0.5, 0.6) is 0 Å². The molecule has 43 heavy (non-hydrogen) atoms. The maximum atomic E-state index is 13.7. The van der Waals surface area contributed by atoms with Gasteiger partial charge in [-0.05, 0) is 74.0 Å². The zero-order valence-electron chi connectivity index (χ0n) is 22.8. The summed E-state index contributed by atoms with van der Waals surface area (Å²) in [5.41, 5.74) is 9.43. The van der Waals surface area contributed by atoms with Crippen LogP contribution in [0.1, 0.15) is 0 Å². The molecule has 0 N–H and O–H groups in total. The lowest BCUT2D eigenvalue weighted by Gasteiger charge is -2.13. The molecule has 0 aliphatic heterocycles. The molecule has 0 saturated carbocycles. The minimum absolute atomic E-state index is 0.150. The molecular weight excluding hydrogens is 555 g/mol.